The molecular formula is C17H17NO2. The summed E-state index contributed by atoms with van der Waals surface area (Å²) >= 11 is 0. The number of rotatable bonds is 1. The molecule has 3 rings (SSSR count). The molecule has 20 heavy (non-hydrogen) atoms. The first-order chi connectivity index (χ1) is 9.37. The quantitative estimate of drug-likeness (QED) is 0.799. The number of nitrogens with one attached hydrogen (secondary N) is 1. The fraction of sp³-hybridized carbons (Fsp3) is 0.294. The van der Waals surface area contributed by atoms with Gasteiger partial charge in [0.1, 0.15) is 0 Å². The number of anilines is 1. The minimum Gasteiger partial charge on any atom is -0.380 e. The van der Waals surface area contributed by atoms with Gasteiger partial charge in [-0.1, -0.05) is 18.2 Å². The maximum atomic E-state index is 12.0. The van der Waals surface area contributed by atoms with Crippen molar-refractivity contribution in [2.75, 3.05) is 5.32 Å². The molecule has 0 amide bonds. The number of benzene rings is 2. The lowest BCUT2D eigenvalue weighted by molar-refractivity contribution is 0.0890. The Morgan fingerprint density at radius 1 is 0.950 bits per heavy atom. The Morgan fingerprint density at radius 2 is 1.60 bits per heavy atom. The minimum absolute atomic E-state index is 0.0157. The third kappa shape index (κ3) is 1.99. The molecule has 1 N–H and O–H groups in total. The molecule has 0 aliphatic heterocycles. The second-order valence-corrected chi connectivity index (χ2v) is 6.29. The van der Waals surface area contributed by atoms with Crippen LogP contribution in [0.3, 0.4) is 0 Å². The lowest BCUT2D eigenvalue weighted by atomic mass is 9.86. The normalized spacial score (nSPS) is 14.8. The Morgan fingerprint density at radius 3 is 2.25 bits per heavy atom. The first kappa shape index (κ1) is 12.9. The zero-order valence-electron chi connectivity index (χ0n) is 11.9. The summed E-state index contributed by atoms with van der Waals surface area (Å²) in [5.41, 5.74) is 2.20. The lowest BCUT2D eigenvalue weighted by Gasteiger charge is -2.25. The first-order valence-corrected chi connectivity index (χ1v) is 6.77. The standard InChI is InChI=1S/C17H17NO2/c1-17(2,3)18-13-8-7-12-15(20)9-14(19)11-6-4-5-10(13)16(11)12/h4-8,18H,9H2,1-3H3. The highest BCUT2D eigenvalue weighted by molar-refractivity contribution is 6.28. The number of carbonyl (C=O) groups is 2. The lowest BCUT2D eigenvalue weighted by Crippen LogP contribution is -2.26. The summed E-state index contributed by atoms with van der Waals surface area (Å²) in [4.78, 5) is 24.1. The number of Topliss-reactive ketones (excluding diaryl/α,β-unsaturated/α-hetero) is 2. The van der Waals surface area contributed by atoms with Crippen LogP contribution in [0.15, 0.2) is 30.3 Å². The molecule has 3 heteroatoms. The van der Waals surface area contributed by atoms with Crippen molar-refractivity contribution in [3.05, 3.63) is 41.5 Å². The molecule has 0 saturated carbocycles. The molecule has 1 aliphatic carbocycles. The third-order valence-electron chi connectivity index (χ3n) is 3.47. The van der Waals surface area contributed by atoms with Crippen LogP contribution in [0.25, 0.3) is 10.8 Å². The van der Waals surface area contributed by atoms with E-state index in [1.54, 1.807) is 0 Å². The van der Waals surface area contributed by atoms with E-state index in [1.807, 2.05) is 30.3 Å². The van der Waals surface area contributed by atoms with E-state index in [1.165, 1.54) is 0 Å². The van der Waals surface area contributed by atoms with Gasteiger partial charge in [-0.05, 0) is 32.9 Å². The average molecular weight is 267 g/mol. The molecule has 2 aromatic carbocycles. The molecule has 3 nitrogen and oxygen atoms in total. The fourth-order valence-electron chi connectivity index (χ4n) is 2.72. The van der Waals surface area contributed by atoms with Crippen molar-refractivity contribution in [2.45, 2.75) is 32.7 Å². The number of hydrogen-bond acceptors (Lipinski definition) is 3. The molecule has 0 heterocycles. The summed E-state index contributed by atoms with van der Waals surface area (Å²) in [6, 6.07) is 9.40. The molecule has 0 radical (unpaired) electrons. The van der Waals surface area contributed by atoms with Crippen molar-refractivity contribution in [1.82, 2.24) is 0 Å². The van der Waals surface area contributed by atoms with Crippen LogP contribution < -0.4 is 5.32 Å². The molecule has 102 valence electrons. The van der Waals surface area contributed by atoms with Gasteiger partial charge in [0.2, 0.25) is 0 Å². The van der Waals surface area contributed by atoms with Gasteiger partial charge in [0.15, 0.2) is 11.6 Å². The van der Waals surface area contributed by atoms with Gasteiger partial charge >= 0.3 is 0 Å². The second kappa shape index (κ2) is 4.17. The van der Waals surface area contributed by atoms with Gasteiger partial charge in [-0.3, -0.25) is 9.59 Å². The topological polar surface area (TPSA) is 46.2 Å². The van der Waals surface area contributed by atoms with E-state index in [0.29, 0.717) is 11.1 Å². The zero-order valence-corrected chi connectivity index (χ0v) is 11.9. The van der Waals surface area contributed by atoms with Crippen molar-refractivity contribution in [2.24, 2.45) is 0 Å². The number of hydrogen-bond donors (Lipinski definition) is 1. The molecule has 0 fully saturated rings. The smallest absolute Gasteiger partial charge is 0.171 e. The van der Waals surface area contributed by atoms with E-state index in [4.69, 9.17) is 0 Å². The van der Waals surface area contributed by atoms with Crippen LogP contribution >= 0.6 is 0 Å². The van der Waals surface area contributed by atoms with E-state index in [-0.39, 0.29) is 23.5 Å². The van der Waals surface area contributed by atoms with E-state index in [9.17, 15) is 9.59 Å². The summed E-state index contributed by atoms with van der Waals surface area (Å²) in [6.07, 6.45) is -0.0157. The van der Waals surface area contributed by atoms with E-state index in [0.717, 1.165) is 16.5 Å². The van der Waals surface area contributed by atoms with Crippen LogP contribution in [0.4, 0.5) is 5.69 Å². The summed E-state index contributed by atoms with van der Waals surface area (Å²) in [5, 5.41) is 5.17. The Balaban J connectivity index is 2.32. The van der Waals surface area contributed by atoms with Gasteiger partial charge in [-0.25, -0.2) is 0 Å². The molecule has 0 unspecified atom stereocenters. The fourth-order valence-corrected chi connectivity index (χ4v) is 2.72. The van der Waals surface area contributed by atoms with E-state index >= 15 is 0 Å². The van der Waals surface area contributed by atoms with Gasteiger partial charge in [-0.2, -0.15) is 0 Å². The van der Waals surface area contributed by atoms with Crippen LogP contribution in [0.2, 0.25) is 0 Å². The third-order valence-corrected chi connectivity index (χ3v) is 3.47. The van der Waals surface area contributed by atoms with Crippen LogP contribution in [0.5, 0.6) is 0 Å². The molecule has 1 aliphatic rings. The number of carbonyl (C=O) groups excluding carboxylic acids is 2. The highest BCUT2D eigenvalue weighted by atomic mass is 16.1. The van der Waals surface area contributed by atoms with Crippen molar-refractivity contribution in [3.63, 3.8) is 0 Å². The Labute approximate surface area is 118 Å². The summed E-state index contributed by atoms with van der Waals surface area (Å²) in [6.45, 7) is 6.25. The van der Waals surface area contributed by atoms with Gasteiger partial charge in [-0.15, -0.1) is 0 Å². The molecule has 0 spiro atoms. The Hall–Kier alpha value is -2.16. The maximum absolute atomic E-state index is 12.0. The van der Waals surface area contributed by atoms with Crippen LogP contribution in [-0.4, -0.2) is 17.1 Å². The molecule has 0 saturated heterocycles. The Kier molecular flexibility index (Phi) is 2.68. The van der Waals surface area contributed by atoms with Gasteiger partial charge in [0.25, 0.3) is 0 Å². The van der Waals surface area contributed by atoms with Crippen LogP contribution in [0.1, 0.15) is 47.9 Å². The summed E-state index contributed by atoms with van der Waals surface area (Å²) in [5.74, 6) is -0.165. The molecular weight excluding hydrogens is 250 g/mol. The van der Waals surface area contributed by atoms with Gasteiger partial charge < -0.3 is 5.32 Å². The van der Waals surface area contributed by atoms with Crippen molar-refractivity contribution in [3.8, 4) is 0 Å². The maximum Gasteiger partial charge on any atom is 0.171 e. The zero-order chi connectivity index (χ0) is 14.5. The van der Waals surface area contributed by atoms with Gasteiger partial charge in [0, 0.05) is 33.1 Å². The minimum atomic E-state index is -0.0824. The molecule has 0 atom stereocenters. The SMILES string of the molecule is CC(C)(C)Nc1ccc2c3c(cccc13)C(=O)CC2=O. The largest absolute Gasteiger partial charge is 0.380 e. The van der Waals surface area contributed by atoms with Crippen molar-refractivity contribution < 1.29 is 9.59 Å². The average Bonchev–Trinajstić information content (AvgIpc) is 2.35. The first-order valence-electron chi connectivity index (χ1n) is 6.77. The van der Waals surface area contributed by atoms with Gasteiger partial charge in [0.05, 0.1) is 6.42 Å². The predicted molar refractivity (Wildman–Crippen MR) is 80.6 cm³/mol. The Bertz CT molecular complexity index is 718. The molecule has 2 aromatic rings. The highest BCUT2D eigenvalue weighted by Crippen LogP contribution is 2.35. The number of ketones is 2. The van der Waals surface area contributed by atoms with Crippen LogP contribution in [-0.2, 0) is 0 Å². The monoisotopic (exact) mass is 267 g/mol. The van der Waals surface area contributed by atoms with Crippen molar-refractivity contribution >= 4 is 28.0 Å². The predicted octanol–water partition coefficient (Wildman–Crippen LogP) is 3.82. The molecule has 0 aromatic heterocycles. The van der Waals surface area contributed by atoms with Crippen molar-refractivity contribution in [1.29, 1.82) is 0 Å². The summed E-state index contributed by atoms with van der Waals surface area (Å²) in [7, 11) is 0. The van der Waals surface area contributed by atoms with Crippen LogP contribution in [0, 0.1) is 0 Å². The van der Waals surface area contributed by atoms with E-state index in [2.05, 4.69) is 26.1 Å². The molecule has 0 bridgehead atoms. The highest BCUT2D eigenvalue weighted by Gasteiger charge is 2.26. The summed E-state index contributed by atoms with van der Waals surface area (Å²) < 4.78 is 0. The van der Waals surface area contributed by atoms with E-state index < -0.39 is 0 Å². The second-order valence-electron chi connectivity index (χ2n) is 6.29.